The maximum atomic E-state index is 13.2. The number of rotatable bonds is 7. The second kappa shape index (κ2) is 8.26. The Kier molecular flexibility index (Phi) is 6.52. The van der Waals surface area contributed by atoms with Gasteiger partial charge in [-0.05, 0) is 31.5 Å². The average molecular weight is 248 g/mol. The summed E-state index contributed by atoms with van der Waals surface area (Å²) in [5.41, 5.74) is 0.205. The number of unbranched alkanes of at least 4 members (excludes halogenated alkanes) is 2. The van der Waals surface area contributed by atoms with E-state index in [-0.39, 0.29) is 18.1 Å². The van der Waals surface area contributed by atoms with Crippen LogP contribution in [0.5, 0.6) is 0 Å². The minimum atomic E-state index is -0.431. The van der Waals surface area contributed by atoms with Crippen LogP contribution < -0.4 is 10.6 Å². The molecule has 1 aromatic rings. The maximum absolute atomic E-state index is 13.2. The summed E-state index contributed by atoms with van der Waals surface area (Å²) >= 11 is 0. The predicted molar refractivity (Wildman–Crippen MR) is 70.6 cm³/mol. The molecule has 0 spiro atoms. The number of anilines is 1. The lowest BCUT2D eigenvalue weighted by Gasteiger charge is -2.07. The van der Waals surface area contributed by atoms with E-state index < -0.39 is 5.82 Å². The minimum Gasteiger partial charge on any atom is -0.322 e. The number of para-hydroxylation sites is 1. The van der Waals surface area contributed by atoms with Crippen LogP contribution in [0.15, 0.2) is 24.3 Å². The van der Waals surface area contributed by atoms with E-state index in [9.17, 15) is 9.18 Å². The van der Waals surface area contributed by atoms with Crippen LogP contribution in [-0.4, -0.2) is 19.0 Å². The smallest absolute Gasteiger partial charge is 0.238 e. The highest BCUT2D eigenvalue weighted by Gasteiger charge is 2.05. The van der Waals surface area contributed by atoms with Gasteiger partial charge in [0.25, 0.3) is 0 Å². The van der Waals surface area contributed by atoms with Gasteiger partial charge < -0.3 is 10.6 Å². The summed E-state index contributed by atoms with van der Waals surface area (Å²) in [5.74, 6) is 1.87. The zero-order chi connectivity index (χ0) is 13.2. The highest BCUT2D eigenvalue weighted by molar-refractivity contribution is 5.92. The fraction of sp³-hybridized carbons (Fsp3) is 0.357. The van der Waals surface area contributed by atoms with Gasteiger partial charge in [0.1, 0.15) is 5.82 Å². The van der Waals surface area contributed by atoms with Crippen molar-refractivity contribution < 1.29 is 9.18 Å². The summed E-state index contributed by atoms with van der Waals surface area (Å²) in [6, 6.07) is 6.09. The van der Waals surface area contributed by atoms with Crippen molar-refractivity contribution in [3.8, 4) is 12.3 Å². The number of nitrogens with one attached hydrogen (secondary N) is 2. The molecule has 0 aliphatic rings. The Hall–Kier alpha value is -1.86. The van der Waals surface area contributed by atoms with Crippen LogP contribution in [0.4, 0.5) is 10.1 Å². The normalized spacial score (nSPS) is 9.78. The molecule has 2 N–H and O–H groups in total. The van der Waals surface area contributed by atoms with E-state index in [0.29, 0.717) is 0 Å². The van der Waals surface area contributed by atoms with Gasteiger partial charge in [-0.2, -0.15) is 0 Å². The third-order valence-corrected chi connectivity index (χ3v) is 2.36. The number of carbonyl (C=O) groups is 1. The van der Waals surface area contributed by atoms with Gasteiger partial charge >= 0.3 is 0 Å². The molecule has 0 aliphatic carbocycles. The summed E-state index contributed by atoms with van der Waals surface area (Å²) in [5, 5.41) is 5.48. The number of terminal acetylenes is 1. The number of halogens is 1. The Morgan fingerprint density at radius 3 is 2.83 bits per heavy atom. The molecule has 0 heterocycles. The van der Waals surface area contributed by atoms with Gasteiger partial charge in [0.15, 0.2) is 0 Å². The summed E-state index contributed by atoms with van der Waals surface area (Å²) in [6.45, 7) is 0.900. The van der Waals surface area contributed by atoms with E-state index in [4.69, 9.17) is 6.42 Å². The van der Waals surface area contributed by atoms with Crippen molar-refractivity contribution in [3.63, 3.8) is 0 Å². The Morgan fingerprint density at radius 1 is 1.33 bits per heavy atom. The monoisotopic (exact) mass is 248 g/mol. The Labute approximate surface area is 107 Å². The van der Waals surface area contributed by atoms with E-state index in [1.807, 2.05) is 0 Å². The van der Waals surface area contributed by atoms with Crippen LogP contribution in [0.3, 0.4) is 0 Å². The first kappa shape index (κ1) is 14.2. The third-order valence-electron chi connectivity index (χ3n) is 2.36. The van der Waals surface area contributed by atoms with Gasteiger partial charge in [-0.1, -0.05) is 12.1 Å². The van der Waals surface area contributed by atoms with Crippen molar-refractivity contribution in [1.82, 2.24) is 5.32 Å². The molecule has 0 unspecified atom stereocenters. The van der Waals surface area contributed by atoms with Crippen LogP contribution in [0.25, 0.3) is 0 Å². The lowest BCUT2D eigenvalue weighted by atomic mass is 10.2. The molecule has 4 heteroatoms. The number of amides is 1. The fourth-order valence-electron chi connectivity index (χ4n) is 1.44. The molecule has 0 fully saturated rings. The molecule has 0 aliphatic heterocycles. The quantitative estimate of drug-likeness (QED) is 0.573. The first-order chi connectivity index (χ1) is 8.74. The fourth-order valence-corrected chi connectivity index (χ4v) is 1.44. The minimum absolute atomic E-state index is 0.171. The molecule has 0 saturated carbocycles. The van der Waals surface area contributed by atoms with Crippen molar-refractivity contribution in [2.75, 3.05) is 18.4 Å². The van der Waals surface area contributed by atoms with Gasteiger partial charge in [0, 0.05) is 6.42 Å². The summed E-state index contributed by atoms with van der Waals surface area (Å²) in [6.07, 6.45) is 7.75. The molecule has 0 bridgehead atoms. The number of carbonyl (C=O) groups excluding carboxylic acids is 1. The van der Waals surface area contributed by atoms with Crippen LogP contribution in [0.2, 0.25) is 0 Å². The highest BCUT2D eigenvalue weighted by Crippen LogP contribution is 2.11. The molecular weight excluding hydrogens is 231 g/mol. The Morgan fingerprint density at radius 2 is 2.11 bits per heavy atom. The third kappa shape index (κ3) is 5.46. The molecular formula is C14H17FN2O. The lowest BCUT2D eigenvalue weighted by Crippen LogP contribution is -2.29. The SMILES string of the molecule is C#CCCCCNCC(=O)Nc1ccccc1F. The molecule has 0 saturated heterocycles. The standard InChI is InChI=1S/C14H17FN2O/c1-2-3-4-7-10-16-11-14(18)17-13-9-6-5-8-12(13)15/h1,5-6,8-9,16H,3-4,7,10-11H2,(H,17,18). The Balaban J connectivity index is 2.19. The predicted octanol–water partition coefficient (Wildman–Crippen LogP) is 2.16. The van der Waals surface area contributed by atoms with Crippen molar-refractivity contribution >= 4 is 11.6 Å². The highest BCUT2D eigenvalue weighted by atomic mass is 19.1. The van der Waals surface area contributed by atoms with Crippen LogP contribution >= 0.6 is 0 Å². The molecule has 0 radical (unpaired) electrons. The summed E-state index contributed by atoms with van der Waals surface area (Å²) in [7, 11) is 0. The lowest BCUT2D eigenvalue weighted by molar-refractivity contribution is -0.115. The van der Waals surface area contributed by atoms with Gasteiger partial charge in [-0.15, -0.1) is 12.3 Å². The number of hydrogen-bond donors (Lipinski definition) is 2. The number of benzene rings is 1. The van der Waals surface area contributed by atoms with Crippen molar-refractivity contribution in [1.29, 1.82) is 0 Å². The van der Waals surface area contributed by atoms with E-state index in [2.05, 4.69) is 16.6 Å². The molecule has 3 nitrogen and oxygen atoms in total. The van der Waals surface area contributed by atoms with Gasteiger partial charge in [0.2, 0.25) is 5.91 Å². The van der Waals surface area contributed by atoms with Crippen LogP contribution in [0, 0.1) is 18.2 Å². The zero-order valence-electron chi connectivity index (χ0n) is 10.2. The topological polar surface area (TPSA) is 41.1 Å². The second-order valence-electron chi connectivity index (χ2n) is 3.87. The van der Waals surface area contributed by atoms with E-state index in [1.54, 1.807) is 12.1 Å². The molecule has 1 amide bonds. The number of hydrogen-bond acceptors (Lipinski definition) is 2. The van der Waals surface area contributed by atoms with E-state index in [0.717, 1.165) is 25.8 Å². The van der Waals surface area contributed by atoms with E-state index >= 15 is 0 Å². The first-order valence-electron chi connectivity index (χ1n) is 5.92. The van der Waals surface area contributed by atoms with Crippen molar-refractivity contribution in [3.05, 3.63) is 30.1 Å². The van der Waals surface area contributed by atoms with Gasteiger partial charge in [-0.3, -0.25) is 4.79 Å². The summed E-state index contributed by atoms with van der Waals surface area (Å²) in [4.78, 5) is 11.5. The molecule has 18 heavy (non-hydrogen) atoms. The van der Waals surface area contributed by atoms with Crippen LogP contribution in [-0.2, 0) is 4.79 Å². The van der Waals surface area contributed by atoms with E-state index in [1.165, 1.54) is 12.1 Å². The molecule has 0 aromatic heterocycles. The maximum Gasteiger partial charge on any atom is 0.238 e. The second-order valence-corrected chi connectivity index (χ2v) is 3.87. The van der Waals surface area contributed by atoms with Crippen molar-refractivity contribution in [2.24, 2.45) is 0 Å². The molecule has 1 rings (SSSR count). The Bertz CT molecular complexity index is 426. The first-order valence-corrected chi connectivity index (χ1v) is 5.92. The van der Waals surface area contributed by atoms with Crippen molar-refractivity contribution in [2.45, 2.75) is 19.3 Å². The molecule has 1 aromatic carbocycles. The van der Waals surface area contributed by atoms with Gasteiger partial charge in [-0.25, -0.2) is 4.39 Å². The van der Waals surface area contributed by atoms with Crippen LogP contribution in [0.1, 0.15) is 19.3 Å². The zero-order valence-corrected chi connectivity index (χ0v) is 10.2. The average Bonchev–Trinajstić information content (AvgIpc) is 2.36. The largest absolute Gasteiger partial charge is 0.322 e. The molecule has 0 atom stereocenters. The molecule has 96 valence electrons. The van der Waals surface area contributed by atoms with Gasteiger partial charge in [0.05, 0.1) is 12.2 Å². The summed E-state index contributed by atoms with van der Waals surface area (Å²) < 4.78 is 13.2.